The number of hydrogen-bond acceptors (Lipinski definition) is 5. The van der Waals surface area contributed by atoms with E-state index in [0.29, 0.717) is 6.61 Å². The molecule has 7 heteroatoms. The Morgan fingerprint density at radius 3 is 2.72 bits per heavy atom. The van der Waals surface area contributed by atoms with Gasteiger partial charge in [-0.25, -0.2) is 0 Å². The molecule has 1 aliphatic rings. The van der Waals surface area contributed by atoms with Crippen molar-refractivity contribution in [3.63, 3.8) is 0 Å². The average molecular weight is 358 g/mol. The third kappa shape index (κ3) is 4.11. The smallest absolute Gasteiger partial charge is 0.269 e. The number of benzene rings is 2. The molecular weight excluding hydrogens is 340 g/mol. The van der Waals surface area contributed by atoms with Crippen molar-refractivity contribution in [2.45, 2.75) is 29.5 Å². The van der Waals surface area contributed by atoms with E-state index in [2.05, 4.69) is 5.32 Å². The zero-order valence-electron chi connectivity index (χ0n) is 13.7. The molecule has 0 fully saturated rings. The van der Waals surface area contributed by atoms with Crippen molar-refractivity contribution in [1.29, 1.82) is 0 Å². The topological polar surface area (TPSA) is 81.5 Å². The molecule has 2 aromatic rings. The molecule has 0 bridgehead atoms. The van der Waals surface area contributed by atoms with E-state index in [4.69, 9.17) is 4.74 Å². The zero-order chi connectivity index (χ0) is 17.8. The van der Waals surface area contributed by atoms with E-state index < -0.39 is 4.92 Å². The third-order valence-electron chi connectivity index (χ3n) is 4.00. The standard InChI is InChI=1S/C18H18N2O4S/c1-12(25-14-8-6-13(7-9-14)20(22)23)18(21)19-16-10-11-24-17-5-3-2-4-15(16)17/h2-9,12,16H,10-11H2,1H3,(H,19,21)/t12-,16-/m0/s1. The fraction of sp³-hybridized carbons (Fsp3) is 0.278. The maximum atomic E-state index is 12.5. The number of non-ortho nitro benzene ring substituents is 1. The fourth-order valence-electron chi connectivity index (χ4n) is 2.69. The van der Waals surface area contributed by atoms with Gasteiger partial charge in [0.15, 0.2) is 0 Å². The van der Waals surface area contributed by atoms with Gasteiger partial charge < -0.3 is 10.1 Å². The highest BCUT2D eigenvalue weighted by atomic mass is 32.2. The SMILES string of the molecule is C[C@H](Sc1ccc([N+](=O)[O-])cc1)C(=O)N[C@H]1CCOc2ccccc21. The number of carbonyl (C=O) groups excluding carboxylic acids is 1. The lowest BCUT2D eigenvalue weighted by atomic mass is 10.0. The van der Waals surface area contributed by atoms with E-state index in [1.54, 1.807) is 12.1 Å². The Labute approximate surface area is 149 Å². The summed E-state index contributed by atoms with van der Waals surface area (Å²) in [6.45, 7) is 2.40. The van der Waals surface area contributed by atoms with Crippen LogP contribution in [0.25, 0.3) is 0 Å². The number of nitrogens with zero attached hydrogens (tertiary/aromatic N) is 1. The van der Waals surface area contributed by atoms with Crippen LogP contribution in [0.15, 0.2) is 53.4 Å². The Morgan fingerprint density at radius 1 is 1.28 bits per heavy atom. The number of fused-ring (bicyclic) bond motifs is 1. The second kappa shape index (κ2) is 7.57. The molecule has 2 aromatic carbocycles. The number of nitro benzene ring substituents is 1. The highest BCUT2D eigenvalue weighted by Gasteiger charge is 2.25. The van der Waals surface area contributed by atoms with Crippen LogP contribution in [-0.4, -0.2) is 22.7 Å². The van der Waals surface area contributed by atoms with Gasteiger partial charge in [0.25, 0.3) is 5.69 Å². The van der Waals surface area contributed by atoms with Crippen LogP contribution in [0.3, 0.4) is 0 Å². The lowest BCUT2D eigenvalue weighted by Gasteiger charge is -2.27. The van der Waals surface area contributed by atoms with E-state index in [1.165, 1.54) is 23.9 Å². The largest absolute Gasteiger partial charge is 0.493 e. The number of hydrogen-bond donors (Lipinski definition) is 1. The van der Waals surface area contributed by atoms with Crippen LogP contribution < -0.4 is 10.1 Å². The van der Waals surface area contributed by atoms with Crippen LogP contribution in [0.4, 0.5) is 5.69 Å². The highest BCUT2D eigenvalue weighted by molar-refractivity contribution is 8.00. The Morgan fingerprint density at radius 2 is 2.00 bits per heavy atom. The summed E-state index contributed by atoms with van der Waals surface area (Å²) in [7, 11) is 0. The van der Waals surface area contributed by atoms with Gasteiger partial charge in [0.1, 0.15) is 5.75 Å². The molecule has 0 aliphatic carbocycles. The number of para-hydroxylation sites is 1. The number of nitro groups is 1. The summed E-state index contributed by atoms with van der Waals surface area (Å²) in [5, 5.41) is 13.5. The molecule has 2 atom stereocenters. The van der Waals surface area contributed by atoms with Gasteiger partial charge in [-0.1, -0.05) is 18.2 Å². The predicted octanol–water partition coefficient (Wildman–Crippen LogP) is 3.72. The van der Waals surface area contributed by atoms with Crippen molar-refractivity contribution in [3.8, 4) is 5.75 Å². The van der Waals surface area contributed by atoms with Gasteiger partial charge >= 0.3 is 0 Å². The number of carbonyl (C=O) groups is 1. The zero-order valence-corrected chi connectivity index (χ0v) is 14.5. The van der Waals surface area contributed by atoms with Crippen molar-refractivity contribution in [2.75, 3.05) is 6.61 Å². The molecule has 0 radical (unpaired) electrons. The molecular formula is C18H18N2O4S. The quantitative estimate of drug-likeness (QED) is 0.500. The highest BCUT2D eigenvalue weighted by Crippen LogP contribution is 2.32. The number of thioether (sulfide) groups is 1. The van der Waals surface area contributed by atoms with Crippen molar-refractivity contribution in [2.24, 2.45) is 0 Å². The van der Waals surface area contributed by atoms with Gasteiger partial charge in [-0.3, -0.25) is 14.9 Å². The Balaban J connectivity index is 1.62. The molecule has 1 heterocycles. The van der Waals surface area contributed by atoms with Crippen LogP contribution in [0.2, 0.25) is 0 Å². The lowest BCUT2D eigenvalue weighted by molar-refractivity contribution is -0.384. The molecule has 6 nitrogen and oxygen atoms in total. The minimum Gasteiger partial charge on any atom is -0.493 e. The first-order chi connectivity index (χ1) is 12.0. The summed E-state index contributed by atoms with van der Waals surface area (Å²) in [5.74, 6) is 0.750. The van der Waals surface area contributed by atoms with E-state index in [1.807, 2.05) is 31.2 Å². The number of ether oxygens (including phenoxy) is 1. The Kier molecular flexibility index (Phi) is 5.23. The summed E-state index contributed by atoms with van der Waals surface area (Å²) >= 11 is 1.38. The van der Waals surface area contributed by atoms with E-state index in [9.17, 15) is 14.9 Å². The summed E-state index contributed by atoms with van der Waals surface area (Å²) in [6.07, 6.45) is 0.734. The van der Waals surface area contributed by atoms with Gasteiger partial charge in [0.2, 0.25) is 5.91 Å². The van der Waals surface area contributed by atoms with Crippen molar-refractivity contribution >= 4 is 23.4 Å². The summed E-state index contributed by atoms with van der Waals surface area (Å²) in [6, 6.07) is 13.9. The van der Waals surface area contributed by atoms with E-state index in [-0.39, 0.29) is 22.9 Å². The molecule has 3 rings (SSSR count). The van der Waals surface area contributed by atoms with E-state index >= 15 is 0 Å². The van der Waals surface area contributed by atoms with Gasteiger partial charge in [-0.15, -0.1) is 11.8 Å². The summed E-state index contributed by atoms with van der Waals surface area (Å²) in [5.41, 5.74) is 1.04. The first-order valence-corrected chi connectivity index (χ1v) is 8.86. The number of amides is 1. The first-order valence-electron chi connectivity index (χ1n) is 7.98. The molecule has 0 spiro atoms. The van der Waals surface area contributed by atoms with Gasteiger partial charge in [0, 0.05) is 29.0 Å². The predicted molar refractivity (Wildman–Crippen MR) is 95.9 cm³/mol. The maximum absolute atomic E-state index is 12.5. The van der Waals surface area contributed by atoms with Crippen LogP contribution in [-0.2, 0) is 4.79 Å². The average Bonchev–Trinajstić information content (AvgIpc) is 2.62. The first kappa shape index (κ1) is 17.3. The summed E-state index contributed by atoms with van der Waals surface area (Å²) < 4.78 is 5.61. The second-order valence-electron chi connectivity index (χ2n) is 5.75. The Hall–Kier alpha value is -2.54. The van der Waals surface area contributed by atoms with Gasteiger partial charge in [-0.05, 0) is 25.1 Å². The second-order valence-corrected chi connectivity index (χ2v) is 7.16. The number of nitrogens with one attached hydrogen (secondary N) is 1. The Bertz CT molecular complexity index is 779. The van der Waals surface area contributed by atoms with Gasteiger partial charge in [-0.2, -0.15) is 0 Å². The van der Waals surface area contributed by atoms with Crippen LogP contribution in [0.1, 0.15) is 24.9 Å². The molecule has 1 N–H and O–H groups in total. The monoisotopic (exact) mass is 358 g/mol. The van der Waals surface area contributed by atoms with Crippen LogP contribution in [0, 0.1) is 10.1 Å². The summed E-state index contributed by atoms with van der Waals surface area (Å²) in [4.78, 5) is 23.6. The van der Waals surface area contributed by atoms with Crippen molar-refractivity contribution in [1.82, 2.24) is 5.32 Å². The van der Waals surface area contributed by atoms with Crippen molar-refractivity contribution in [3.05, 3.63) is 64.2 Å². The molecule has 1 amide bonds. The fourth-order valence-corrected chi connectivity index (χ4v) is 3.56. The number of rotatable bonds is 5. The molecule has 0 unspecified atom stereocenters. The third-order valence-corrected chi connectivity index (χ3v) is 5.12. The lowest BCUT2D eigenvalue weighted by Crippen LogP contribution is -2.36. The molecule has 130 valence electrons. The van der Waals surface area contributed by atoms with Crippen LogP contribution in [0.5, 0.6) is 5.75 Å². The van der Waals surface area contributed by atoms with E-state index in [0.717, 1.165) is 22.6 Å². The van der Waals surface area contributed by atoms with Crippen molar-refractivity contribution < 1.29 is 14.5 Å². The molecule has 0 saturated heterocycles. The maximum Gasteiger partial charge on any atom is 0.269 e. The molecule has 1 aliphatic heterocycles. The minimum atomic E-state index is -0.437. The molecule has 0 saturated carbocycles. The van der Waals surface area contributed by atoms with Gasteiger partial charge in [0.05, 0.1) is 22.8 Å². The molecule has 25 heavy (non-hydrogen) atoms. The minimum absolute atomic E-state index is 0.0419. The molecule has 0 aromatic heterocycles. The van der Waals surface area contributed by atoms with Crippen LogP contribution >= 0.6 is 11.8 Å². The normalized spacial score (nSPS) is 17.1.